The molecule has 3 aromatic rings. The quantitative estimate of drug-likeness (QED) is 0.453. The molecule has 0 amide bonds. The molecule has 1 N–H and O–H groups in total. The molecular formula is C24H30ClN5O3S. The zero-order chi connectivity index (χ0) is 24.1. The predicted molar refractivity (Wildman–Crippen MR) is 138 cm³/mol. The van der Waals surface area contributed by atoms with Gasteiger partial charge in [-0.3, -0.25) is 14.0 Å². The van der Waals surface area contributed by atoms with E-state index in [9.17, 15) is 13.2 Å². The predicted octanol–water partition coefficient (Wildman–Crippen LogP) is 2.38. The first kappa shape index (κ1) is 24.5. The van der Waals surface area contributed by atoms with Gasteiger partial charge in [0.1, 0.15) is 0 Å². The van der Waals surface area contributed by atoms with Crippen LogP contribution >= 0.6 is 11.6 Å². The summed E-state index contributed by atoms with van der Waals surface area (Å²) >= 11 is 6.12. The topological polar surface area (TPSA) is 79.6 Å². The third-order valence-corrected chi connectivity index (χ3v) is 6.95. The summed E-state index contributed by atoms with van der Waals surface area (Å²) in [5.74, 6) is 0. The Morgan fingerprint density at radius 2 is 1.62 bits per heavy atom. The number of anilines is 1. The molecule has 2 aromatic carbocycles. The molecule has 8 nitrogen and oxygen atoms in total. The van der Waals surface area contributed by atoms with Gasteiger partial charge >= 0.3 is 5.69 Å². The lowest BCUT2D eigenvalue weighted by molar-refractivity contribution is 0.284. The summed E-state index contributed by atoms with van der Waals surface area (Å²) in [5, 5.41) is 0.756. The van der Waals surface area contributed by atoms with Crippen molar-refractivity contribution in [3.63, 3.8) is 0 Å². The van der Waals surface area contributed by atoms with Crippen molar-refractivity contribution in [2.24, 2.45) is 0 Å². The van der Waals surface area contributed by atoms with Crippen LogP contribution in [0, 0.1) is 0 Å². The van der Waals surface area contributed by atoms with Crippen molar-refractivity contribution < 1.29 is 8.42 Å². The van der Waals surface area contributed by atoms with E-state index < -0.39 is 10.0 Å². The number of piperazine rings is 1. The molecule has 1 aliphatic rings. The maximum atomic E-state index is 13.0. The zero-order valence-electron chi connectivity index (χ0n) is 19.2. The van der Waals surface area contributed by atoms with Gasteiger partial charge in [-0.15, -0.1) is 0 Å². The first-order chi connectivity index (χ1) is 16.3. The molecule has 0 saturated carbocycles. The lowest BCUT2D eigenvalue weighted by Gasteiger charge is -2.35. The molecule has 1 aliphatic heterocycles. The molecule has 0 aliphatic carbocycles. The van der Waals surface area contributed by atoms with Crippen molar-refractivity contribution in [2.45, 2.75) is 13.1 Å². The Hall–Kier alpha value is -2.59. The van der Waals surface area contributed by atoms with Gasteiger partial charge in [-0.25, -0.2) is 17.9 Å². The molecule has 1 saturated heterocycles. The molecule has 182 valence electrons. The summed E-state index contributed by atoms with van der Waals surface area (Å²) < 4.78 is 28.5. The van der Waals surface area contributed by atoms with Crippen LogP contribution in [0.25, 0.3) is 11.0 Å². The minimum absolute atomic E-state index is 0.142. The molecule has 0 radical (unpaired) electrons. The van der Waals surface area contributed by atoms with E-state index in [1.165, 1.54) is 0 Å². The van der Waals surface area contributed by atoms with Crippen molar-refractivity contribution in [1.82, 2.24) is 18.8 Å². The average Bonchev–Trinajstić information content (AvgIpc) is 3.07. The number of hydrogen-bond donors (Lipinski definition) is 1. The fraction of sp³-hybridized carbons (Fsp3) is 0.375. The van der Waals surface area contributed by atoms with Crippen LogP contribution in [-0.2, 0) is 23.1 Å². The van der Waals surface area contributed by atoms with Gasteiger partial charge in [0.05, 0.1) is 17.3 Å². The van der Waals surface area contributed by atoms with Gasteiger partial charge in [-0.05, 0) is 30.3 Å². The number of sulfonamides is 1. The van der Waals surface area contributed by atoms with Crippen molar-refractivity contribution in [3.05, 3.63) is 76.2 Å². The van der Waals surface area contributed by atoms with Crippen LogP contribution in [0.5, 0.6) is 0 Å². The summed E-state index contributed by atoms with van der Waals surface area (Å²) in [4.78, 5) is 17.8. The van der Waals surface area contributed by atoms with E-state index in [0.29, 0.717) is 6.54 Å². The first-order valence-electron chi connectivity index (χ1n) is 11.3. The Morgan fingerprint density at radius 3 is 2.29 bits per heavy atom. The molecule has 34 heavy (non-hydrogen) atoms. The van der Waals surface area contributed by atoms with E-state index in [1.54, 1.807) is 9.13 Å². The first-order valence-corrected chi connectivity index (χ1v) is 13.6. The minimum Gasteiger partial charge on any atom is -0.369 e. The Morgan fingerprint density at radius 1 is 0.941 bits per heavy atom. The van der Waals surface area contributed by atoms with Gasteiger partial charge in [-0.1, -0.05) is 42.0 Å². The van der Waals surface area contributed by atoms with Crippen LogP contribution in [0.15, 0.2) is 65.5 Å². The molecule has 0 atom stereocenters. The lowest BCUT2D eigenvalue weighted by Crippen LogP contribution is -2.46. The van der Waals surface area contributed by atoms with Crippen molar-refractivity contribution in [2.75, 3.05) is 50.4 Å². The molecule has 1 fully saturated rings. The highest BCUT2D eigenvalue weighted by Crippen LogP contribution is 2.20. The molecule has 10 heteroatoms. The number of allylic oxidation sites excluding steroid dienone is 1. The number of halogens is 1. The van der Waals surface area contributed by atoms with E-state index in [2.05, 4.69) is 26.7 Å². The van der Waals surface area contributed by atoms with Crippen LogP contribution in [0.3, 0.4) is 0 Å². The number of benzene rings is 2. The van der Waals surface area contributed by atoms with E-state index in [1.807, 2.05) is 48.5 Å². The maximum absolute atomic E-state index is 13.0. The SMILES string of the molecule is CS(=O)(=O)NCCn1c(=O)n(CC=CCN2CCN(c3cccc(Cl)c3)CC2)c2ccccc21. The number of nitrogens with zero attached hydrogens (tertiary/aromatic N) is 4. The number of hydrogen-bond acceptors (Lipinski definition) is 5. The number of fused-ring (bicyclic) bond motifs is 1. The van der Waals surface area contributed by atoms with Gasteiger partial charge < -0.3 is 4.90 Å². The van der Waals surface area contributed by atoms with Gasteiger partial charge in [0.15, 0.2) is 0 Å². The molecule has 0 spiro atoms. The normalized spacial score (nSPS) is 15.5. The van der Waals surface area contributed by atoms with Crippen LogP contribution in [0.1, 0.15) is 0 Å². The van der Waals surface area contributed by atoms with Gasteiger partial charge in [-0.2, -0.15) is 0 Å². The van der Waals surface area contributed by atoms with Gasteiger partial charge in [0, 0.05) is 63.1 Å². The lowest BCUT2D eigenvalue weighted by atomic mass is 10.2. The summed E-state index contributed by atoms with van der Waals surface area (Å²) in [6, 6.07) is 15.5. The molecule has 2 heterocycles. The second-order valence-electron chi connectivity index (χ2n) is 8.44. The standard InChI is InChI=1S/C24H30ClN5O3S/c1-34(32,33)26-11-14-30-23-10-3-2-9-22(23)29(24(30)31)13-5-4-12-27-15-17-28(18-16-27)21-8-6-7-20(25)19-21/h2-10,19,26H,11-18H2,1H3. The van der Waals surface area contributed by atoms with E-state index in [-0.39, 0.29) is 18.8 Å². The third kappa shape index (κ3) is 6.09. The number of imidazole rings is 1. The van der Waals surface area contributed by atoms with Gasteiger partial charge in [0.25, 0.3) is 0 Å². The largest absolute Gasteiger partial charge is 0.369 e. The number of aromatic nitrogens is 2. The van der Waals surface area contributed by atoms with Crippen LogP contribution < -0.4 is 15.3 Å². The fourth-order valence-electron chi connectivity index (χ4n) is 4.27. The Bertz CT molecular complexity index is 1320. The molecule has 1 aromatic heterocycles. The Kier molecular flexibility index (Phi) is 7.77. The summed E-state index contributed by atoms with van der Waals surface area (Å²) in [6.07, 6.45) is 5.25. The van der Waals surface area contributed by atoms with Gasteiger partial charge in [0.2, 0.25) is 10.0 Å². The zero-order valence-corrected chi connectivity index (χ0v) is 20.8. The molecule has 0 bridgehead atoms. The van der Waals surface area contributed by atoms with E-state index >= 15 is 0 Å². The average molecular weight is 504 g/mol. The van der Waals surface area contributed by atoms with E-state index in [0.717, 1.165) is 60.7 Å². The van der Waals surface area contributed by atoms with Crippen LogP contribution in [-0.4, -0.2) is 68.0 Å². The molecular weight excluding hydrogens is 474 g/mol. The maximum Gasteiger partial charge on any atom is 0.329 e. The van der Waals surface area contributed by atoms with E-state index in [4.69, 9.17) is 11.6 Å². The van der Waals surface area contributed by atoms with Crippen molar-refractivity contribution in [3.8, 4) is 0 Å². The van der Waals surface area contributed by atoms with Crippen molar-refractivity contribution >= 4 is 38.3 Å². The monoisotopic (exact) mass is 503 g/mol. The third-order valence-electron chi connectivity index (χ3n) is 5.99. The summed E-state index contributed by atoms with van der Waals surface area (Å²) in [5.41, 5.74) is 2.65. The Balaban J connectivity index is 1.35. The minimum atomic E-state index is -3.30. The fourth-order valence-corrected chi connectivity index (χ4v) is 4.92. The van der Waals surface area contributed by atoms with Crippen LogP contribution in [0.2, 0.25) is 5.02 Å². The second kappa shape index (κ2) is 10.8. The number of nitrogens with one attached hydrogen (secondary N) is 1. The highest BCUT2D eigenvalue weighted by Gasteiger charge is 2.16. The van der Waals surface area contributed by atoms with Crippen molar-refractivity contribution in [1.29, 1.82) is 0 Å². The number of para-hydroxylation sites is 2. The molecule has 0 unspecified atom stereocenters. The Labute approximate surface area is 205 Å². The van der Waals surface area contributed by atoms with Crippen LogP contribution in [0.4, 0.5) is 5.69 Å². The second-order valence-corrected chi connectivity index (χ2v) is 10.7. The summed E-state index contributed by atoms with van der Waals surface area (Å²) in [6.45, 7) is 5.56. The highest BCUT2D eigenvalue weighted by molar-refractivity contribution is 7.88. The molecule has 4 rings (SSSR count). The highest BCUT2D eigenvalue weighted by atomic mass is 35.5. The number of rotatable bonds is 9. The summed E-state index contributed by atoms with van der Waals surface area (Å²) in [7, 11) is -3.30. The smallest absolute Gasteiger partial charge is 0.329 e.